The highest BCUT2D eigenvalue weighted by molar-refractivity contribution is 5.86. The smallest absolute Gasteiger partial charge is 0.358 e. The molecule has 1 aromatic rings. The number of hydrogen-bond donors (Lipinski definition) is 1. The van der Waals surface area contributed by atoms with Gasteiger partial charge in [-0.2, -0.15) is 0 Å². The lowest BCUT2D eigenvalue weighted by atomic mass is 9.95. The van der Waals surface area contributed by atoms with Crippen molar-refractivity contribution in [2.75, 3.05) is 12.4 Å². The summed E-state index contributed by atoms with van der Waals surface area (Å²) in [5, 5.41) is 11.1. The molecule has 0 fully saturated rings. The number of anilines is 1. The maximum Gasteiger partial charge on any atom is 0.358 e. The number of aromatic nitrogens is 2. The first-order valence-electron chi connectivity index (χ1n) is 6.30. The van der Waals surface area contributed by atoms with Crippen LogP contribution in [0.1, 0.15) is 44.1 Å². The van der Waals surface area contributed by atoms with Gasteiger partial charge in [-0.1, -0.05) is 26.7 Å². The number of esters is 1. The Hall–Kier alpha value is -1.65. The molecule has 0 aromatic carbocycles. The first-order valence-corrected chi connectivity index (χ1v) is 6.30. The average Bonchev–Trinajstić information content (AvgIpc) is 2.40. The van der Waals surface area contributed by atoms with Gasteiger partial charge in [-0.3, -0.25) is 0 Å². The topological polar surface area (TPSA) is 64.1 Å². The van der Waals surface area contributed by atoms with Gasteiger partial charge in [-0.05, 0) is 25.0 Å². The maximum absolute atomic E-state index is 11.2. The van der Waals surface area contributed by atoms with Crippen LogP contribution >= 0.6 is 0 Å². The van der Waals surface area contributed by atoms with Crippen LogP contribution in [0.5, 0.6) is 0 Å². The Labute approximate surface area is 108 Å². The van der Waals surface area contributed by atoms with Crippen molar-refractivity contribution >= 4 is 11.8 Å². The van der Waals surface area contributed by atoms with Crippen LogP contribution in [-0.2, 0) is 4.74 Å². The fraction of sp³-hybridized carbons (Fsp3) is 0.615. The largest absolute Gasteiger partial charge is 0.464 e. The van der Waals surface area contributed by atoms with Crippen LogP contribution in [-0.4, -0.2) is 29.3 Å². The van der Waals surface area contributed by atoms with Crippen molar-refractivity contribution in [2.45, 2.75) is 39.7 Å². The summed E-state index contributed by atoms with van der Waals surface area (Å²) in [6, 6.07) is 3.69. The van der Waals surface area contributed by atoms with E-state index >= 15 is 0 Å². The Morgan fingerprint density at radius 1 is 1.33 bits per heavy atom. The summed E-state index contributed by atoms with van der Waals surface area (Å²) in [6.07, 6.45) is 2.25. The predicted octanol–water partition coefficient (Wildman–Crippen LogP) is 2.50. The number of hydrogen-bond acceptors (Lipinski definition) is 5. The summed E-state index contributed by atoms with van der Waals surface area (Å²) >= 11 is 0. The molecule has 1 aromatic heterocycles. The molecule has 5 nitrogen and oxygen atoms in total. The molecule has 0 aliphatic heterocycles. The van der Waals surface area contributed by atoms with E-state index in [0.29, 0.717) is 17.8 Å². The highest BCUT2D eigenvalue weighted by Gasteiger charge is 2.14. The summed E-state index contributed by atoms with van der Waals surface area (Å²) in [7, 11) is 1.32. The molecule has 0 aliphatic carbocycles. The molecule has 0 aliphatic rings. The summed E-state index contributed by atoms with van der Waals surface area (Å²) in [5.41, 5.74) is 0.221. The number of rotatable bonds is 6. The number of nitrogens with zero attached hydrogens (tertiary/aromatic N) is 2. The normalized spacial score (nSPS) is 12.3. The molecular weight excluding hydrogens is 230 g/mol. The van der Waals surface area contributed by atoms with E-state index in [4.69, 9.17) is 0 Å². The summed E-state index contributed by atoms with van der Waals surface area (Å²) in [4.78, 5) is 11.2. The van der Waals surface area contributed by atoms with Crippen molar-refractivity contribution in [1.82, 2.24) is 10.2 Å². The lowest BCUT2D eigenvalue weighted by Gasteiger charge is -2.22. The van der Waals surface area contributed by atoms with Gasteiger partial charge in [-0.15, -0.1) is 10.2 Å². The van der Waals surface area contributed by atoms with Gasteiger partial charge in [0.05, 0.1) is 7.11 Å². The monoisotopic (exact) mass is 251 g/mol. The second kappa shape index (κ2) is 6.93. The van der Waals surface area contributed by atoms with Crippen molar-refractivity contribution in [3.05, 3.63) is 17.8 Å². The van der Waals surface area contributed by atoms with Crippen molar-refractivity contribution in [1.29, 1.82) is 0 Å². The molecule has 0 saturated heterocycles. The van der Waals surface area contributed by atoms with Crippen molar-refractivity contribution in [2.24, 2.45) is 5.92 Å². The molecule has 0 spiro atoms. The van der Waals surface area contributed by atoms with Crippen LogP contribution in [0.25, 0.3) is 0 Å². The lowest BCUT2D eigenvalue weighted by Crippen LogP contribution is -2.25. The number of carbonyl (C=O) groups is 1. The molecular formula is C13H21N3O2. The van der Waals surface area contributed by atoms with E-state index in [1.165, 1.54) is 7.11 Å². The van der Waals surface area contributed by atoms with Crippen LogP contribution < -0.4 is 5.32 Å². The third kappa shape index (κ3) is 3.68. The highest BCUT2D eigenvalue weighted by Crippen LogP contribution is 2.16. The molecule has 1 rings (SSSR count). The Morgan fingerprint density at radius 2 is 2.00 bits per heavy atom. The van der Waals surface area contributed by atoms with Crippen LogP contribution in [0.3, 0.4) is 0 Å². The van der Waals surface area contributed by atoms with Crippen LogP contribution in [0.4, 0.5) is 5.82 Å². The number of ether oxygens (including phenoxy) is 1. The molecule has 1 N–H and O–H groups in total. The van der Waals surface area contributed by atoms with Crippen molar-refractivity contribution < 1.29 is 9.53 Å². The third-order valence-electron chi connectivity index (χ3n) is 3.19. The van der Waals surface area contributed by atoms with E-state index in [-0.39, 0.29) is 5.69 Å². The highest BCUT2D eigenvalue weighted by atomic mass is 16.5. The first-order chi connectivity index (χ1) is 8.62. The molecule has 0 saturated carbocycles. The zero-order chi connectivity index (χ0) is 13.5. The number of nitrogens with one attached hydrogen (secondary N) is 1. The Bertz CT molecular complexity index is 374. The van der Waals surface area contributed by atoms with E-state index in [9.17, 15) is 4.79 Å². The van der Waals surface area contributed by atoms with Gasteiger partial charge in [-0.25, -0.2) is 4.79 Å². The van der Waals surface area contributed by atoms with Gasteiger partial charge < -0.3 is 10.1 Å². The van der Waals surface area contributed by atoms with Gasteiger partial charge in [0.25, 0.3) is 0 Å². The average molecular weight is 251 g/mol. The minimum Gasteiger partial charge on any atom is -0.464 e. The van der Waals surface area contributed by atoms with Gasteiger partial charge >= 0.3 is 5.97 Å². The maximum atomic E-state index is 11.2. The van der Waals surface area contributed by atoms with E-state index in [1.54, 1.807) is 12.1 Å². The number of carbonyl (C=O) groups excluding carboxylic acids is 1. The van der Waals surface area contributed by atoms with Crippen LogP contribution in [0, 0.1) is 5.92 Å². The summed E-state index contributed by atoms with van der Waals surface area (Å²) in [5.74, 6) is 0.816. The van der Waals surface area contributed by atoms with E-state index in [2.05, 4.69) is 41.0 Å². The molecule has 5 heteroatoms. The zero-order valence-corrected chi connectivity index (χ0v) is 11.4. The van der Waals surface area contributed by atoms with Gasteiger partial charge in [0.2, 0.25) is 0 Å². The minimum absolute atomic E-state index is 0.221. The number of methoxy groups -OCH3 is 1. The van der Waals surface area contributed by atoms with Crippen LogP contribution in [0.2, 0.25) is 0 Å². The van der Waals surface area contributed by atoms with Crippen molar-refractivity contribution in [3.8, 4) is 0 Å². The fourth-order valence-corrected chi connectivity index (χ4v) is 1.97. The summed E-state index contributed by atoms with van der Waals surface area (Å²) < 4.78 is 4.57. The molecule has 0 bridgehead atoms. The van der Waals surface area contributed by atoms with Crippen molar-refractivity contribution in [3.63, 3.8) is 0 Å². The SMILES string of the molecule is CCC(CC)C(C)Nc1ccc(C(=O)OC)nn1. The van der Waals surface area contributed by atoms with Gasteiger partial charge in [0.15, 0.2) is 5.69 Å². The Balaban J connectivity index is 2.66. The molecule has 1 unspecified atom stereocenters. The fourth-order valence-electron chi connectivity index (χ4n) is 1.97. The second-order valence-corrected chi connectivity index (χ2v) is 4.30. The minimum atomic E-state index is -0.470. The van der Waals surface area contributed by atoms with E-state index in [1.807, 2.05) is 0 Å². The third-order valence-corrected chi connectivity index (χ3v) is 3.19. The molecule has 1 heterocycles. The first kappa shape index (κ1) is 14.4. The Kier molecular flexibility index (Phi) is 5.55. The second-order valence-electron chi connectivity index (χ2n) is 4.30. The molecule has 18 heavy (non-hydrogen) atoms. The predicted molar refractivity (Wildman–Crippen MR) is 70.5 cm³/mol. The molecule has 0 radical (unpaired) electrons. The van der Waals surface area contributed by atoms with Crippen LogP contribution in [0.15, 0.2) is 12.1 Å². The quantitative estimate of drug-likeness (QED) is 0.787. The Morgan fingerprint density at radius 3 is 2.44 bits per heavy atom. The standard InChI is InChI=1S/C13H21N3O2/c1-5-10(6-2)9(3)14-12-8-7-11(15-16-12)13(17)18-4/h7-10H,5-6H2,1-4H3,(H,14,16). The lowest BCUT2D eigenvalue weighted by molar-refractivity contribution is 0.0593. The molecule has 0 amide bonds. The summed E-state index contributed by atoms with van der Waals surface area (Å²) in [6.45, 7) is 6.49. The van der Waals surface area contributed by atoms with Gasteiger partial charge in [0.1, 0.15) is 5.82 Å². The zero-order valence-electron chi connectivity index (χ0n) is 11.4. The van der Waals surface area contributed by atoms with E-state index < -0.39 is 5.97 Å². The van der Waals surface area contributed by atoms with Gasteiger partial charge in [0, 0.05) is 6.04 Å². The molecule has 100 valence electrons. The van der Waals surface area contributed by atoms with E-state index in [0.717, 1.165) is 12.8 Å². The molecule has 1 atom stereocenters.